The second-order valence-corrected chi connectivity index (χ2v) is 5.61. The van der Waals surface area contributed by atoms with E-state index in [-0.39, 0.29) is 5.91 Å². The fraction of sp³-hybridized carbons (Fsp3) is 0.533. The van der Waals surface area contributed by atoms with Gasteiger partial charge >= 0.3 is 0 Å². The number of carbonyl (C=O) groups excluding carboxylic acids is 1. The van der Waals surface area contributed by atoms with Crippen LogP contribution in [0.2, 0.25) is 0 Å². The van der Waals surface area contributed by atoms with Crippen LogP contribution in [0.1, 0.15) is 35.7 Å². The van der Waals surface area contributed by atoms with Crippen LogP contribution in [0, 0.1) is 0 Å². The Labute approximate surface area is 109 Å². The smallest absolute Gasteiger partial charge is 0.253 e. The molecule has 0 aromatic heterocycles. The Hall–Kier alpha value is -1.35. The molecule has 0 N–H and O–H groups in total. The number of likely N-dealkylation sites (tertiary alicyclic amines) is 1. The van der Waals surface area contributed by atoms with E-state index in [1.54, 1.807) is 0 Å². The summed E-state index contributed by atoms with van der Waals surface area (Å²) in [6, 6.07) is 8.52. The number of hydrogen-bond acceptors (Lipinski definition) is 2. The fourth-order valence-corrected chi connectivity index (χ4v) is 2.16. The van der Waals surface area contributed by atoms with Crippen molar-refractivity contribution in [2.75, 3.05) is 27.2 Å². The molecule has 1 heterocycles. The van der Waals surface area contributed by atoms with Crippen molar-refractivity contribution in [2.45, 2.75) is 25.8 Å². The van der Waals surface area contributed by atoms with Crippen molar-refractivity contribution in [3.8, 4) is 0 Å². The fourth-order valence-electron chi connectivity index (χ4n) is 2.16. The highest BCUT2D eigenvalue weighted by molar-refractivity contribution is 5.95. The summed E-state index contributed by atoms with van der Waals surface area (Å²) in [6.07, 6.45) is 0. The molecule has 18 heavy (non-hydrogen) atoms. The molecular formula is C15H22N2O. The zero-order valence-corrected chi connectivity index (χ0v) is 11.7. The molecule has 1 fully saturated rings. The Kier molecular flexibility index (Phi) is 3.71. The molecule has 0 radical (unpaired) electrons. The molecule has 0 aliphatic carbocycles. The lowest BCUT2D eigenvalue weighted by Crippen LogP contribution is -2.59. The predicted molar refractivity (Wildman–Crippen MR) is 73.9 cm³/mol. The van der Waals surface area contributed by atoms with Crippen molar-refractivity contribution >= 4 is 5.91 Å². The first-order valence-electron chi connectivity index (χ1n) is 6.54. The van der Waals surface area contributed by atoms with E-state index in [4.69, 9.17) is 0 Å². The minimum Gasteiger partial charge on any atom is -0.335 e. The summed E-state index contributed by atoms with van der Waals surface area (Å²) in [5.74, 6) is 0.624. The molecule has 1 saturated heterocycles. The molecule has 1 aliphatic rings. The maximum Gasteiger partial charge on any atom is 0.253 e. The molecule has 1 aliphatic heterocycles. The van der Waals surface area contributed by atoms with Gasteiger partial charge in [0.1, 0.15) is 0 Å². The van der Waals surface area contributed by atoms with Crippen molar-refractivity contribution in [1.29, 1.82) is 0 Å². The Morgan fingerprint density at radius 1 is 1.33 bits per heavy atom. The van der Waals surface area contributed by atoms with Gasteiger partial charge in [-0.25, -0.2) is 0 Å². The van der Waals surface area contributed by atoms with Crippen LogP contribution >= 0.6 is 0 Å². The van der Waals surface area contributed by atoms with Gasteiger partial charge in [-0.2, -0.15) is 0 Å². The number of amides is 1. The third kappa shape index (κ3) is 2.56. The largest absolute Gasteiger partial charge is 0.335 e. The van der Waals surface area contributed by atoms with Crippen molar-refractivity contribution in [2.24, 2.45) is 0 Å². The van der Waals surface area contributed by atoms with Gasteiger partial charge in [-0.1, -0.05) is 26.0 Å². The van der Waals surface area contributed by atoms with Crippen molar-refractivity contribution in [3.63, 3.8) is 0 Å². The van der Waals surface area contributed by atoms with Crippen molar-refractivity contribution in [1.82, 2.24) is 9.80 Å². The van der Waals surface area contributed by atoms with Gasteiger partial charge < -0.3 is 9.80 Å². The molecule has 1 aromatic carbocycles. The van der Waals surface area contributed by atoms with Gasteiger partial charge in [0.25, 0.3) is 5.91 Å². The van der Waals surface area contributed by atoms with E-state index in [9.17, 15) is 4.79 Å². The molecule has 1 amide bonds. The summed E-state index contributed by atoms with van der Waals surface area (Å²) in [6.45, 7) is 5.99. The molecule has 1 aromatic rings. The van der Waals surface area contributed by atoms with Gasteiger partial charge in [0.15, 0.2) is 0 Å². The summed E-state index contributed by atoms with van der Waals surface area (Å²) in [5, 5.41) is 0. The van der Waals surface area contributed by atoms with Gasteiger partial charge in [-0.05, 0) is 37.7 Å². The van der Waals surface area contributed by atoms with E-state index in [2.05, 4.69) is 38.9 Å². The van der Waals surface area contributed by atoms with Gasteiger partial charge in [0.05, 0.1) is 0 Å². The van der Waals surface area contributed by atoms with Crippen molar-refractivity contribution in [3.05, 3.63) is 35.4 Å². The van der Waals surface area contributed by atoms with Crippen LogP contribution in [0.5, 0.6) is 0 Å². The van der Waals surface area contributed by atoms with E-state index in [1.807, 2.05) is 23.1 Å². The number of nitrogens with zero attached hydrogens (tertiary/aromatic N) is 2. The summed E-state index contributed by atoms with van der Waals surface area (Å²) in [4.78, 5) is 16.4. The van der Waals surface area contributed by atoms with Gasteiger partial charge in [0, 0.05) is 24.7 Å². The summed E-state index contributed by atoms with van der Waals surface area (Å²) in [5.41, 5.74) is 2.05. The Balaban J connectivity index is 2.04. The molecular weight excluding hydrogens is 224 g/mol. The minimum absolute atomic E-state index is 0.163. The van der Waals surface area contributed by atoms with Crippen LogP contribution in [-0.2, 0) is 0 Å². The van der Waals surface area contributed by atoms with E-state index in [0.717, 1.165) is 18.7 Å². The maximum atomic E-state index is 12.3. The summed E-state index contributed by atoms with van der Waals surface area (Å²) in [7, 11) is 4.12. The van der Waals surface area contributed by atoms with Gasteiger partial charge in [-0.15, -0.1) is 0 Å². The monoisotopic (exact) mass is 246 g/mol. The number of likely N-dealkylation sites (N-methyl/N-ethyl adjacent to an activating group) is 1. The molecule has 3 heteroatoms. The van der Waals surface area contributed by atoms with Crippen LogP contribution in [0.15, 0.2) is 24.3 Å². The maximum absolute atomic E-state index is 12.3. The number of hydrogen-bond donors (Lipinski definition) is 0. The molecule has 98 valence electrons. The number of carbonyl (C=O) groups is 1. The SMILES string of the molecule is CC(C)c1cccc(C(=O)N2CC(N(C)C)C2)c1. The standard InChI is InChI=1S/C15H22N2O/c1-11(2)12-6-5-7-13(8-12)15(18)17-9-14(10-17)16(3)4/h5-8,11,14H,9-10H2,1-4H3. The lowest BCUT2D eigenvalue weighted by atomic mass is 9.99. The molecule has 0 saturated carbocycles. The van der Waals surface area contributed by atoms with Crippen LogP contribution < -0.4 is 0 Å². The van der Waals surface area contributed by atoms with Crippen LogP contribution in [0.4, 0.5) is 0 Å². The molecule has 0 bridgehead atoms. The first-order chi connectivity index (χ1) is 8.49. The second kappa shape index (κ2) is 5.11. The van der Waals surface area contributed by atoms with Gasteiger partial charge in [-0.3, -0.25) is 4.79 Å². The Bertz CT molecular complexity index is 434. The first-order valence-corrected chi connectivity index (χ1v) is 6.54. The van der Waals surface area contributed by atoms with E-state index >= 15 is 0 Å². The normalized spacial score (nSPS) is 16.2. The Morgan fingerprint density at radius 3 is 2.56 bits per heavy atom. The van der Waals surface area contributed by atoms with Crippen LogP contribution in [0.3, 0.4) is 0 Å². The lowest BCUT2D eigenvalue weighted by molar-refractivity contribution is 0.0399. The molecule has 0 atom stereocenters. The highest BCUT2D eigenvalue weighted by atomic mass is 16.2. The average molecular weight is 246 g/mol. The average Bonchev–Trinajstić information content (AvgIpc) is 2.26. The lowest BCUT2D eigenvalue weighted by Gasteiger charge is -2.42. The van der Waals surface area contributed by atoms with Crippen molar-refractivity contribution < 1.29 is 4.79 Å². The molecule has 2 rings (SSSR count). The second-order valence-electron chi connectivity index (χ2n) is 5.61. The van der Waals surface area contributed by atoms with E-state index in [1.165, 1.54) is 5.56 Å². The van der Waals surface area contributed by atoms with Crippen LogP contribution in [0.25, 0.3) is 0 Å². The van der Waals surface area contributed by atoms with Crippen LogP contribution in [-0.4, -0.2) is 48.9 Å². The first kappa shape index (κ1) is 13.1. The third-order valence-corrected chi connectivity index (χ3v) is 3.68. The predicted octanol–water partition coefficient (Wildman–Crippen LogP) is 2.20. The summed E-state index contributed by atoms with van der Waals surface area (Å²) >= 11 is 0. The topological polar surface area (TPSA) is 23.6 Å². The Morgan fingerprint density at radius 2 is 2.00 bits per heavy atom. The quantitative estimate of drug-likeness (QED) is 0.816. The molecule has 3 nitrogen and oxygen atoms in total. The minimum atomic E-state index is 0.163. The van der Waals surface area contributed by atoms with E-state index < -0.39 is 0 Å². The molecule has 0 spiro atoms. The third-order valence-electron chi connectivity index (χ3n) is 3.68. The highest BCUT2D eigenvalue weighted by Crippen LogP contribution is 2.20. The highest BCUT2D eigenvalue weighted by Gasteiger charge is 2.32. The zero-order chi connectivity index (χ0) is 13.3. The summed E-state index contributed by atoms with van der Waals surface area (Å²) < 4.78 is 0. The number of rotatable bonds is 3. The molecule has 0 unspecified atom stereocenters. The van der Waals surface area contributed by atoms with E-state index in [0.29, 0.717) is 12.0 Å². The number of benzene rings is 1. The zero-order valence-electron chi connectivity index (χ0n) is 11.7. The van der Waals surface area contributed by atoms with Gasteiger partial charge in [0.2, 0.25) is 0 Å².